The van der Waals surface area contributed by atoms with Crippen LogP contribution in [-0.2, 0) is 0 Å². The van der Waals surface area contributed by atoms with Crippen LogP contribution in [0.15, 0.2) is 36.4 Å². The van der Waals surface area contributed by atoms with Crippen LogP contribution in [0.3, 0.4) is 0 Å². The van der Waals surface area contributed by atoms with Crippen LogP contribution in [-0.4, -0.2) is 20.2 Å². The van der Waals surface area contributed by atoms with Crippen LogP contribution in [0.2, 0.25) is 0 Å². The summed E-state index contributed by atoms with van der Waals surface area (Å²) in [7, 11) is 0. The first-order chi connectivity index (χ1) is 10.1. The topological polar surface area (TPSA) is 69.6 Å². The third-order valence-electron chi connectivity index (χ3n) is 2.89. The maximum Gasteiger partial charge on any atom is 0.189 e. The maximum atomic E-state index is 13.8. The van der Waals surface area contributed by atoms with E-state index in [9.17, 15) is 13.2 Å². The Morgan fingerprint density at radius 3 is 2.43 bits per heavy atom. The Hall–Kier alpha value is -2.90. The highest BCUT2D eigenvalue weighted by Gasteiger charge is 2.18. The van der Waals surface area contributed by atoms with E-state index in [-0.39, 0.29) is 11.5 Å². The van der Waals surface area contributed by atoms with Crippen LogP contribution in [0.5, 0.6) is 0 Å². The normalized spacial score (nSPS) is 10.8. The van der Waals surface area contributed by atoms with Crippen molar-refractivity contribution < 1.29 is 13.2 Å². The lowest BCUT2D eigenvalue weighted by Crippen LogP contribution is -2.05. The molecule has 0 amide bonds. The molecule has 2 aromatic carbocycles. The van der Waals surface area contributed by atoms with Gasteiger partial charge in [0.1, 0.15) is 5.69 Å². The maximum absolute atomic E-state index is 13.8. The van der Waals surface area contributed by atoms with Crippen molar-refractivity contribution in [3.63, 3.8) is 0 Å². The highest BCUT2D eigenvalue weighted by Crippen LogP contribution is 2.26. The second-order valence-corrected chi connectivity index (χ2v) is 4.22. The Balaban J connectivity index is 2.21. The number of nitrogen functional groups attached to an aromatic ring is 1. The molecule has 3 rings (SSSR count). The van der Waals surface area contributed by atoms with Crippen molar-refractivity contribution >= 4 is 5.69 Å². The van der Waals surface area contributed by atoms with E-state index in [1.54, 1.807) is 24.3 Å². The number of hydrogen-bond donors (Lipinski definition) is 1. The van der Waals surface area contributed by atoms with E-state index in [1.807, 2.05) is 0 Å². The zero-order chi connectivity index (χ0) is 15.0. The van der Waals surface area contributed by atoms with Gasteiger partial charge in [0.25, 0.3) is 0 Å². The molecule has 0 aliphatic carbocycles. The fourth-order valence-corrected chi connectivity index (χ4v) is 1.89. The number of nitrogens with two attached hydrogens (primary N) is 1. The summed E-state index contributed by atoms with van der Waals surface area (Å²) in [6.07, 6.45) is 0. The molecule has 0 saturated heterocycles. The smallest absolute Gasteiger partial charge is 0.189 e. The lowest BCUT2D eigenvalue weighted by atomic mass is 10.1. The van der Waals surface area contributed by atoms with Crippen LogP contribution < -0.4 is 5.73 Å². The molecule has 0 atom stereocenters. The van der Waals surface area contributed by atoms with E-state index in [0.29, 0.717) is 23.4 Å². The second-order valence-electron chi connectivity index (χ2n) is 4.22. The third kappa shape index (κ3) is 2.20. The second kappa shape index (κ2) is 4.89. The minimum Gasteiger partial charge on any atom is -0.398 e. The molecule has 106 valence electrons. The number of para-hydroxylation sites is 1. The van der Waals surface area contributed by atoms with Crippen LogP contribution in [0.25, 0.3) is 17.1 Å². The highest BCUT2D eigenvalue weighted by atomic mass is 19.2. The van der Waals surface area contributed by atoms with E-state index in [1.165, 1.54) is 0 Å². The number of benzene rings is 2. The molecule has 0 spiro atoms. The van der Waals surface area contributed by atoms with Crippen molar-refractivity contribution in [3.8, 4) is 17.1 Å². The number of halogens is 3. The molecule has 8 heteroatoms. The Morgan fingerprint density at radius 1 is 0.952 bits per heavy atom. The molecular weight excluding hydrogens is 283 g/mol. The monoisotopic (exact) mass is 291 g/mol. The summed E-state index contributed by atoms with van der Waals surface area (Å²) >= 11 is 0. The summed E-state index contributed by atoms with van der Waals surface area (Å²) in [6, 6.07) is 7.79. The molecule has 0 bridgehead atoms. The van der Waals surface area contributed by atoms with Crippen LogP contribution in [0, 0.1) is 17.5 Å². The van der Waals surface area contributed by atoms with Gasteiger partial charge in [-0.2, -0.15) is 4.68 Å². The number of rotatable bonds is 2. The van der Waals surface area contributed by atoms with E-state index in [4.69, 9.17) is 5.73 Å². The minimum atomic E-state index is -1.29. The predicted molar refractivity (Wildman–Crippen MR) is 68.9 cm³/mol. The van der Waals surface area contributed by atoms with Gasteiger partial charge in [-0.15, -0.1) is 5.10 Å². The Kier molecular flexibility index (Phi) is 3.05. The first-order valence-corrected chi connectivity index (χ1v) is 5.86. The third-order valence-corrected chi connectivity index (χ3v) is 2.89. The van der Waals surface area contributed by atoms with Gasteiger partial charge in [0.2, 0.25) is 0 Å². The predicted octanol–water partition coefficient (Wildman–Crippen LogP) is 2.33. The van der Waals surface area contributed by atoms with Crippen LogP contribution >= 0.6 is 0 Å². The number of nitrogens with zero attached hydrogens (tertiary/aromatic N) is 4. The average Bonchev–Trinajstić information content (AvgIpc) is 2.92. The molecule has 0 radical (unpaired) electrons. The highest BCUT2D eigenvalue weighted by molar-refractivity contribution is 5.72. The molecule has 0 aliphatic heterocycles. The van der Waals surface area contributed by atoms with Gasteiger partial charge in [-0.05, 0) is 22.6 Å². The summed E-state index contributed by atoms with van der Waals surface area (Å²) in [6.45, 7) is 0. The van der Waals surface area contributed by atoms with Gasteiger partial charge in [0.05, 0.1) is 0 Å². The fraction of sp³-hybridized carbons (Fsp3) is 0. The van der Waals surface area contributed by atoms with Crippen molar-refractivity contribution in [2.24, 2.45) is 0 Å². The van der Waals surface area contributed by atoms with Crippen molar-refractivity contribution in [3.05, 3.63) is 53.8 Å². The first-order valence-electron chi connectivity index (χ1n) is 5.86. The summed E-state index contributed by atoms with van der Waals surface area (Å²) < 4.78 is 41.1. The molecule has 0 aliphatic rings. The van der Waals surface area contributed by atoms with Crippen LogP contribution in [0.1, 0.15) is 0 Å². The van der Waals surface area contributed by atoms with Crippen molar-refractivity contribution in [1.82, 2.24) is 20.2 Å². The largest absolute Gasteiger partial charge is 0.398 e. The minimum absolute atomic E-state index is 0.123. The molecule has 3 aromatic rings. The summed E-state index contributed by atoms with van der Waals surface area (Å²) in [5.41, 5.74) is 6.33. The van der Waals surface area contributed by atoms with Crippen molar-refractivity contribution in [2.45, 2.75) is 0 Å². The van der Waals surface area contributed by atoms with Gasteiger partial charge in [0, 0.05) is 23.4 Å². The summed E-state index contributed by atoms with van der Waals surface area (Å²) in [5.74, 6) is -3.35. The van der Waals surface area contributed by atoms with Gasteiger partial charge in [-0.1, -0.05) is 12.1 Å². The van der Waals surface area contributed by atoms with E-state index in [0.717, 1.165) is 4.68 Å². The Bertz CT molecular complexity index is 815. The number of tetrazole rings is 1. The molecule has 21 heavy (non-hydrogen) atoms. The molecule has 1 aromatic heterocycles. The molecule has 0 fully saturated rings. The SMILES string of the molecule is Nc1ccccc1-c1nnnn1-c1cc(F)c(F)cc1F. The Morgan fingerprint density at radius 2 is 1.67 bits per heavy atom. The first kappa shape index (κ1) is 13.1. The van der Waals surface area contributed by atoms with E-state index in [2.05, 4.69) is 15.5 Å². The lowest BCUT2D eigenvalue weighted by Gasteiger charge is -2.08. The van der Waals surface area contributed by atoms with E-state index >= 15 is 0 Å². The van der Waals surface area contributed by atoms with E-state index < -0.39 is 17.5 Å². The standard InChI is InChI=1S/C13H8F3N5/c14-8-5-10(16)12(6-9(8)15)21-13(18-19-20-21)7-3-1-2-4-11(7)17/h1-6H,17H2. The zero-order valence-electron chi connectivity index (χ0n) is 10.5. The number of hydrogen-bond acceptors (Lipinski definition) is 4. The lowest BCUT2D eigenvalue weighted by molar-refractivity contribution is 0.491. The molecule has 0 unspecified atom stereocenters. The Labute approximate surface area is 116 Å². The van der Waals surface area contributed by atoms with Gasteiger partial charge in [0.15, 0.2) is 23.3 Å². The van der Waals surface area contributed by atoms with Crippen LogP contribution in [0.4, 0.5) is 18.9 Å². The zero-order valence-corrected chi connectivity index (χ0v) is 10.5. The van der Waals surface area contributed by atoms with Crippen molar-refractivity contribution in [1.29, 1.82) is 0 Å². The number of aromatic nitrogens is 4. The van der Waals surface area contributed by atoms with Gasteiger partial charge < -0.3 is 5.73 Å². The van der Waals surface area contributed by atoms with Gasteiger partial charge >= 0.3 is 0 Å². The quantitative estimate of drug-likeness (QED) is 0.581. The summed E-state index contributed by atoms with van der Waals surface area (Å²) in [5, 5.41) is 10.8. The number of anilines is 1. The summed E-state index contributed by atoms with van der Waals surface area (Å²) in [4.78, 5) is 0. The van der Waals surface area contributed by atoms with Crippen molar-refractivity contribution in [2.75, 3.05) is 5.73 Å². The molecule has 2 N–H and O–H groups in total. The molecule has 0 saturated carbocycles. The van der Waals surface area contributed by atoms with Gasteiger partial charge in [-0.3, -0.25) is 0 Å². The van der Waals surface area contributed by atoms with Gasteiger partial charge in [-0.25, -0.2) is 13.2 Å². The molecular formula is C13H8F3N5. The molecule has 1 heterocycles. The molecule has 5 nitrogen and oxygen atoms in total. The average molecular weight is 291 g/mol. The fourth-order valence-electron chi connectivity index (χ4n) is 1.89.